The van der Waals surface area contributed by atoms with Gasteiger partial charge in [0.05, 0.1) is 6.10 Å². The van der Waals surface area contributed by atoms with Crippen LogP contribution in [0.2, 0.25) is 0 Å². The summed E-state index contributed by atoms with van der Waals surface area (Å²) in [4.78, 5) is 13.1. The summed E-state index contributed by atoms with van der Waals surface area (Å²) in [5, 5.41) is 71.0. The monoisotopic (exact) mass is 575 g/mol. The number of phenolic OH excluding ortho intramolecular Hbond substituents is 1. The Balaban J connectivity index is 2.23. The van der Waals surface area contributed by atoms with E-state index < -0.39 is 73.5 Å². The van der Waals surface area contributed by atoms with Crippen molar-refractivity contribution < 1.29 is 59.5 Å². The lowest BCUT2D eigenvalue weighted by molar-refractivity contribution is -0.369. The summed E-state index contributed by atoms with van der Waals surface area (Å²) in [7, 11) is 0. The van der Waals surface area contributed by atoms with E-state index in [0.29, 0.717) is 5.56 Å². The van der Waals surface area contributed by atoms with E-state index in [1.807, 2.05) is 47.6 Å². The van der Waals surface area contributed by atoms with Gasteiger partial charge in [-0.25, -0.2) is 4.79 Å². The van der Waals surface area contributed by atoms with Crippen LogP contribution in [-0.2, 0) is 29.8 Å². The Kier molecular flexibility index (Phi) is 11.5. The van der Waals surface area contributed by atoms with E-state index in [1.165, 1.54) is 13.0 Å². The third kappa shape index (κ3) is 8.32. The second-order valence-corrected chi connectivity index (χ2v) is 12.1. The number of hydrogen-bond acceptors (Lipinski definition) is 13. The van der Waals surface area contributed by atoms with Gasteiger partial charge in [0.25, 0.3) is 0 Å². The van der Waals surface area contributed by atoms with Crippen molar-refractivity contribution in [2.45, 2.75) is 115 Å². The molecule has 13 nitrogen and oxygen atoms in total. The third-order valence-corrected chi connectivity index (χ3v) is 6.64. The number of aliphatic hydroxyl groups is 6. The van der Waals surface area contributed by atoms with Gasteiger partial charge in [-0.2, -0.15) is 0 Å². The average molecular weight is 576 g/mol. The molecule has 1 saturated heterocycles. The van der Waals surface area contributed by atoms with Crippen molar-refractivity contribution in [2.24, 2.45) is 5.73 Å². The molecule has 1 aliphatic rings. The van der Waals surface area contributed by atoms with Gasteiger partial charge in [-0.1, -0.05) is 47.6 Å². The molecule has 0 bridgehead atoms. The van der Waals surface area contributed by atoms with Crippen molar-refractivity contribution in [3.63, 3.8) is 0 Å². The minimum absolute atomic E-state index is 0.0872. The van der Waals surface area contributed by atoms with E-state index in [4.69, 9.17) is 24.7 Å². The number of nitrogens with two attached hydrogens (primary N) is 1. The van der Waals surface area contributed by atoms with Crippen molar-refractivity contribution in [1.29, 1.82) is 0 Å². The summed E-state index contributed by atoms with van der Waals surface area (Å²) in [6, 6.07) is 3.37. The number of esters is 1. The van der Waals surface area contributed by atoms with E-state index in [1.54, 1.807) is 0 Å². The molecule has 0 aromatic heterocycles. The van der Waals surface area contributed by atoms with Gasteiger partial charge >= 0.3 is 5.97 Å². The smallest absolute Gasteiger partial charge is 0.342 e. The number of carbonyl (C=O) groups is 1. The molecule has 0 aliphatic carbocycles. The maximum atomic E-state index is 13.1. The maximum absolute atomic E-state index is 13.1. The van der Waals surface area contributed by atoms with Gasteiger partial charge in [-0.3, -0.25) is 0 Å². The van der Waals surface area contributed by atoms with Gasteiger partial charge in [0.1, 0.15) is 48.4 Å². The first-order valence-electron chi connectivity index (χ1n) is 13.1. The zero-order chi connectivity index (χ0) is 30.7. The van der Waals surface area contributed by atoms with Crippen LogP contribution in [0.15, 0.2) is 12.1 Å². The summed E-state index contributed by atoms with van der Waals surface area (Å²) in [6.07, 6.45) is -14.8. The highest BCUT2D eigenvalue weighted by molar-refractivity contribution is 5.93. The van der Waals surface area contributed by atoms with Crippen molar-refractivity contribution in [1.82, 2.24) is 0 Å². The molecule has 9 N–H and O–H groups in total. The molecule has 40 heavy (non-hydrogen) atoms. The van der Waals surface area contributed by atoms with Gasteiger partial charge in [0.2, 0.25) is 12.6 Å². The van der Waals surface area contributed by atoms with E-state index in [2.05, 4.69) is 0 Å². The number of carbonyl (C=O) groups excluding carboxylic acids is 1. The molecule has 0 amide bonds. The second-order valence-electron chi connectivity index (χ2n) is 12.1. The number of aliphatic hydroxyl groups excluding tert-OH is 5. The highest BCUT2D eigenvalue weighted by atomic mass is 16.8. The van der Waals surface area contributed by atoms with Gasteiger partial charge in [-0.05, 0) is 29.4 Å². The van der Waals surface area contributed by atoms with Crippen LogP contribution in [0.1, 0.15) is 70.0 Å². The summed E-state index contributed by atoms with van der Waals surface area (Å²) < 4.78 is 21.4. The van der Waals surface area contributed by atoms with Crippen molar-refractivity contribution in [3.8, 4) is 5.75 Å². The Morgan fingerprint density at radius 3 is 2.08 bits per heavy atom. The first-order chi connectivity index (χ1) is 18.3. The maximum Gasteiger partial charge on any atom is 0.342 e. The zero-order valence-electron chi connectivity index (χ0n) is 24.0. The van der Waals surface area contributed by atoms with Crippen LogP contribution < -0.4 is 5.73 Å². The van der Waals surface area contributed by atoms with Crippen molar-refractivity contribution in [3.05, 3.63) is 28.8 Å². The molecule has 2 rings (SSSR count). The summed E-state index contributed by atoms with van der Waals surface area (Å²) >= 11 is 0. The molecule has 8 unspecified atom stereocenters. The highest BCUT2D eigenvalue weighted by Crippen LogP contribution is 2.38. The van der Waals surface area contributed by atoms with E-state index >= 15 is 0 Å². The SMILES string of the molecule is CC(O)C(COC(=O)c1cc(C(C)(C)C)cc(C(C)(C)C)c1O)OC(OC1OC(CN)C(O)C(O)C1O)C(O)O. The largest absolute Gasteiger partial charge is 0.507 e. The molecule has 230 valence electrons. The molecule has 13 heteroatoms. The molecule has 0 radical (unpaired) electrons. The van der Waals surface area contributed by atoms with Gasteiger partial charge in [0.15, 0.2) is 6.29 Å². The highest BCUT2D eigenvalue weighted by Gasteiger charge is 2.45. The fourth-order valence-corrected chi connectivity index (χ4v) is 4.02. The third-order valence-electron chi connectivity index (χ3n) is 6.64. The predicted octanol–water partition coefficient (Wildman–Crippen LogP) is -0.670. The van der Waals surface area contributed by atoms with Crippen LogP contribution in [0.3, 0.4) is 0 Å². The standard InChI is InChI=1S/C27H45NO12/c1-12(29)17(39-25(22(34)35)40-24-21(33)20(32)19(31)16(10-28)38-24)11-37-23(36)14-8-13(26(2,3)4)9-15(18(14)30)27(5,6)7/h8-9,12,16-17,19-22,24-25,29-35H,10-11,28H2,1-7H3. The zero-order valence-corrected chi connectivity index (χ0v) is 24.0. The Hall–Kier alpha value is -1.91. The van der Waals surface area contributed by atoms with Crippen molar-refractivity contribution in [2.75, 3.05) is 13.2 Å². The molecule has 8 atom stereocenters. The first kappa shape index (κ1) is 34.3. The number of ether oxygens (including phenoxy) is 4. The lowest BCUT2D eigenvalue weighted by atomic mass is 9.79. The first-order valence-corrected chi connectivity index (χ1v) is 13.1. The van der Waals surface area contributed by atoms with Crippen LogP contribution in [0.25, 0.3) is 0 Å². The topological polar surface area (TPSA) is 222 Å². The summed E-state index contributed by atoms with van der Waals surface area (Å²) in [6.45, 7) is 12.0. The fraction of sp³-hybridized carbons (Fsp3) is 0.741. The molecule has 0 spiro atoms. The van der Waals surface area contributed by atoms with Crippen LogP contribution in [0.5, 0.6) is 5.75 Å². The normalized spacial score (nSPS) is 26.4. The van der Waals surface area contributed by atoms with Crippen LogP contribution >= 0.6 is 0 Å². The molecule has 1 heterocycles. The van der Waals surface area contributed by atoms with Crippen molar-refractivity contribution >= 4 is 5.97 Å². The molecule has 1 fully saturated rings. The number of phenols is 1. The minimum atomic E-state index is -2.32. The van der Waals surface area contributed by atoms with Gasteiger partial charge < -0.3 is 60.4 Å². The fourth-order valence-electron chi connectivity index (χ4n) is 4.02. The Morgan fingerprint density at radius 1 is 1.00 bits per heavy atom. The van der Waals surface area contributed by atoms with Gasteiger partial charge in [0, 0.05) is 12.1 Å². The lowest BCUT2D eigenvalue weighted by Gasteiger charge is -2.41. The quantitative estimate of drug-likeness (QED) is 0.128. The van der Waals surface area contributed by atoms with Crippen LogP contribution in [-0.4, -0.2) is 110 Å². The molecular weight excluding hydrogens is 530 g/mol. The van der Waals surface area contributed by atoms with E-state index in [9.17, 15) is 40.5 Å². The summed E-state index contributed by atoms with van der Waals surface area (Å²) in [5.41, 5.74) is 5.90. The predicted molar refractivity (Wildman–Crippen MR) is 141 cm³/mol. The lowest BCUT2D eigenvalue weighted by Crippen LogP contribution is -2.61. The molecule has 1 aliphatic heterocycles. The minimum Gasteiger partial charge on any atom is -0.507 e. The number of hydrogen-bond donors (Lipinski definition) is 8. The average Bonchev–Trinajstić information content (AvgIpc) is 2.83. The Bertz CT molecular complexity index is 985. The summed E-state index contributed by atoms with van der Waals surface area (Å²) in [5.74, 6) is -1.15. The molecular formula is C27H45NO12. The molecule has 0 saturated carbocycles. The van der Waals surface area contributed by atoms with Gasteiger partial charge in [-0.15, -0.1) is 0 Å². The Morgan fingerprint density at radius 2 is 1.60 bits per heavy atom. The number of aromatic hydroxyl groups is 1. The number of benzene rings is 1. The number of rotatable bonds is 10. The van der Waals surface area contributed by atoms with E-state index in [0.717, 1.165) is 5.56 Å². The molecule has 1 aromatic carbocycles. The second kappa shape index (κ2) is 13.4. The van der Waals surface area contributed by atoms with E-state index in [-0.39, 0.29) is 23.3 Å². The van der Waals surface area contributed by atoms with Crippen LogP contribution in [0, 0.1) is 0 Å². The molecule has 1 aromatic rings. The Labute approximate surface area is 234 Å². The van der Waals surface area contributed by atoms with Crippen LogP contribution in [0.4, 0.5) is 0 Å².